The SMILES string of the molecule is CN(C)CCCNC(=O)C(CS)C(C(N)=O)(C(N)=O)C(CS)C(=O)NCCCN(C)C. The maximum atomic E-state index is 12.9. The van der Waals surface area contributed by atoms with Crippen LogP contribution in [0.25, 0.3) is 0 Å². The number of nitrogens with zero attached hydrogens (tertiary/aromatic N) is 2. The van der Waals surface area contributed by atoms with E-state index in [1.165, 1.54) is 0 Å². The Balaban J connectivity index is 5.75. The van der Waals surface area contributed by atoms with Gasteiger partial charge in [0.2, 0.25) is 23.6 Å². The lowest BCUT2D eigenvalue weighted by Gasteiger charge is -2.38. The van der Waals surface area contributed by atoms with Crippen molar-refractivity contribution in [1.82, 2.24) is 20.4 Å². The Morgan fingerprint density at radius 2 is 1.10 bits per heavy atom. The van der Waals surface area contributed by atoms with Crippen LogP contribution in [0, 0.1) is 17.3 Å². The molecule has 0 aromatic heterocycles. The number of hydrogen-bond donors (Lipinski definition) is 6. The summed E-state index contributed by atoms with van der Waals surface area (Å²) < 4.78 is 0. The first-order valence-corrected chi connectivity index (χ1v) is 11.4. The third-order valence-corrected chi connectivity index (χ3v) is 5.81. The van der Waals surface area contributed by atoms with E-state index in [1.807, 2.05) is 38.0 Å². The number of carbonyl (C=O) groups excluding carboxylic acids is 4. The fourth-order valence-electron chi connectivity index (χ4n) is 3.38. The van der Waals surface area contributed by atoms with Gasteiger partial charge < -0.3 is 31.9 Å². The van der Waals surface area contributed by atoms with Gasteiger partial charge in [-0.1, -0.05) is 0 Å². The van der Waals surface area contributed by atoms with Crippen molar-refractivity contribution >= 4 is 48.9 Å². The topological polar surface area (TPSA) is 151 Å². The number of nitrogens with two attached hydrogens (primary N) is 2. The van der Waals surface area contributed by atoms with Crippen molar-refractivity contribution in [1.29, 1.82) is 0 Å². The molecule has 180 valence electrons. The van der Waals surface area contributed by atoms with Gasteiger partial charge in [0.1, 0.15) is 0 Å². The molecule has 0 saturated carbocycles. The highest BCUT2D eigenvalue weighted by molar-refractivity contribution is 7.80. The summed E-state index contributed by atoms with van der Waals surface area (Å²) in [5.41, 5.74) is 8.96. The smallest absolute Gasteiger partial charge is 0.234 e. The van der Waals surface area contributed by atoms with E-state index in [2.05, 4.69) is 35.9 Å². The standard InChI is InChI=1S/C19H38N6O4S2/c1-24(2)9-5-7-22-15(26)13(11-30)19(17(20)28,18(21)29)14(12-31)16(27)23-8-6-10-25(3)4/h13-14,30-31H,5-12H2,1-4H3,(H2,20,28)(H2,21,29)(H,22,26)(H,23,27). The van der Waals surface area contributed by atoms with Gasteiger partial charge in [-0.3, -0.25) is 19.2 Å². The Hall–Kier alpha value is -1.50. The number of rotatable bonds is 16. The van der Waals surface area contributed by atoms with Crippen LogP contribution in [0.2, 0.25) is 0 Å². The average molecular weight is 479 g/mol. The molecule has 0 aromatic rings. The second kappa shape index (κ2) is 14.5. The molecule has 2 unspecified atom stereocenters. The summed E-state index contributed by atoms with van der Waals surface area (Å²) in [6.45, 7) is 2.10. The molecule has 0 aliphatic heterocycles. The molecular weight excluding hydrogens is 440 g/mol. The van der Waals surface area contributed by atoms with Crippen molar-refractivity contribution in [3.05, 3.63) is 0 Å². The minimum atomic E-state index is -2.26. The largest absolute Gasteiger partial charge is 0.369 e. The lowest BCUT2D eigenvalue weighted by Crippen LogP contribution is -2.64. The van der Waals surface area contributed by atoms with Gasteiger partial charge in [0.05, 0.1) is 11.8 Å². The molecule has 10 nitrogen and oxygen atoms in total. The summed E-state index contributed by atoms with van der Waals surface area (Å²) >= 11 is 8.36. The van der Waals surface area contributed by atoms with Gasteiger partial charge in [-0.25, -0.2) is 0 Å². The third-order valence-electron chi connectivity index (χ3n) is 5.08. The Morgan fingerprint density at radius 3 is 1.32 bits per heavy atom. The van der Waals surface area contributed by atoms with Crippen molar-refractivity contribution in [2.75, 3.05) is 65.9 Å². The highest BCUT2D eigenvalue weighted by Crippen LogP contribution is 2.38. The highest BCUT2D eigenvalue weighted by Gasteiger charge is 2.59. The van der Waals surface area contributed by atoms with Gasteiger partial charge in [0.15, 0.2) is 5.41 Å². The molecule has 4 amide bonds. The molecule has 12 heteroatoms. The van der Waals surface area contributed by atoms with Crippen molar-refractivity contribution in [2.45, 2.75) is 12.8 Å². The highest BCUT2D eigenvalue weighted by atomic mass is 32.1. The summed E-state index contributed by atoms with van der Waals surface area (Å²) in [5, 5.41) is 5.39. The predicted molar refractivity (Wildman–Crippen MR) is 128 cm³/mol. The molecule has 0 aromatic carbocycles. The second-order valence-electron chi connectivity index (χ2n) is 7.96. The molecule has 2 atom stereocenters. The summed E-state index contributed by atoms with van der Waals surface area (Å²) in [7, 11) is 7.60. The van der Waals surface area contributed by atoms with Gasteiger partial charge in [0, 0.05) is 24.6 Å². The summed E-state index contributed by atoms with van der Waals surface area (Å²) in [5.74, 6) is -6.58. The zero-order chi connectivity index (χ0) is 24.2. The van der Waals surface area contributed by atoms with Crippen molar-refractivity contribution in [3.8, 4) is 0 Å². The first kappa shape index (κ1) is 29.5. The molecule has 0 spiro atoms. The molecular formula is C19H38N6O4S2. The summed E-state index contributed by atoms with van der Waals surface area (Å²) in [6, 6.07) is 0. The van der Waals surface area contributed by atoms with Crippen molar-refractivity contribution < 1.29 is 19.2 Å². The van der Waals surface area contributed by atoms with Crippen LogP contribution in [0.15, 0.2) is 0 Å². The Bertz CT molecular complexity index is 566. The van der Waals surface area contributed by atoms with Crippen LogP contribution in [0.3, 0.4) is 0 Å². The Morgan fingerprint density at radius 1 is 0.774 bits per heavy atom. The zero-order valence-corrected chi connectivity index (χ0v) is 20.7. The molecule has 0 heterocycles. The third kappa shape index (κ3) is 8.51. The van der Waals surface area contributed by atoms with Gasteiger partial charge in [-0.15, -0.1) is 0 Å². The van der Waals surface area contributed by atoms with Crippen LogP contribution < -0.4 is 22.1 Å². The van der Waals surface area contributed by atoms with Crippen LogP contribution in [0.4, 0.5) is 0 Å². The number of primary amides is 2. The number of carbonyl (C=O) groups is 4. The van der Waals surface area contributed by atoms with Crippen LogP contribution >= 0.6 is 25.3 Å². The minimum absolute atomic E-state index is 0.205. The van der Waals surface area contributed by atoms with E-state index in [0.717, 1.165) is 13.1 Å². The summed E-state index contributed by atoms with van der Waals surface area (Å²) in [6.07, 6.45) is 1.31. The molecule has 0 radical (unpaired) electrons. The van der Waals surface area contributed by atoms with Gasteiger partial charge >= 0.3 is 0 Å². The van der Waals surface area contributed by atoms with E-state index in [4.69, 9.17) is 11.5 Å². The quantitative estimate of drug-likeness (QED) is 0.0873. The van der Waals surface area contributed by atoms with Gasteiger partial charge in [0.25, 0.3) is 0 Å². The van der Waals surface area contributed by atoms with E-state index in [-0.39, 0.29) is 11.5 Å². The predicted octanol–water partition coefficient (Wildman–Crippen LogP) is -1.83. The van der Waals surface area contributed by atoms with Gasteiger partial charge in [-0.2, -0.15) is 25.3 Å². The fraction of sp³-hybridized carbons (Fsp3) is 0.789. The van der Waals surface area contributed by atoms with Crippen molar-refractivity contribution in [2.24, 2.45) is 28.7 Å². The Labute approximate surface area is 196 Å². The molecule has 0 fully saturated rings. The van der Waals surface area contributed by atoms with Gasteiger partial charge in [-0.05, 0) is 54.1 Å². The average Bonchev–Trinajstić information content (AvgIpc) is 2.67. The van der Waals surface area contributed by atoms with E-state index in [9.17, 15) is 19.2 Å². The monoisotopic (exact) mass is 478 g/mol. The molecule has 0 aliphatic carbocycles. The molecule has 0 bridgehead atoms. The molecule has 6 N–H and O–H groups in total. The number of amides is 4. The molecule has 0 rings (SSSR count). The minimum Gasteiger partial charge on any atom is -0.369 e. The maximum absolute atomic E-state index is 12.9. The van der Waals surface area contributed by atoms with Crippen LogP contribution in [-0.4, -0.2) is 99.3 Å². The lowest BCUT2D eigenvalue weighted by molar-refractivity contribution is -0.157. The molecule has 0 saturated heterocycles. The number of thiol groups is 2. The lowest BCUT2D eigenvalue weighted by atomic mass is 9.65. The van der Waals surface area contributed by atoms with Crippen LogP contribution in [0.1, 0.15) is 12.8 Å². The number of hydrogen-bond acceptors (Lipinski definition) is 8. The van der Waals surface area contributed by atoms with E-state index < -0.39 is 40.9 Å². The first-order valence-electron chi connectivity index (χ1n) is 10.1. The Kier molecular flexibility index (Phi) is 13.8. The maximum Gasteiger partial charge on any atom is 0.234 e. The van der Waals surface area contributed by atoms with Crippen LogP contribution in [-0.2, 0) is 19.2 Å². The summed E-state index contributed by atoms with van der Waals surface area (Å²) in [4.78, 5) is 54.9. The van der Waals surface area contributed by atoms with Crippen molar-refractivity contribution in [3.63, 3.8) is 0 Å². The van der Waals surface area contributed by atoms with Crippen LogP contribution in [0.5, 0.6) is 0 Å². The number of nitrogens with one attached hydrogen (secondary N) is 2. The van der Waals surface area contributed by atoms with E-state index in [0.29, 0.717) is 25.9 Å². The second-order valence-corrected chi connectivity index (χ2v) is 8.69. The van der Waals surface area contributed by atoms with E-state index >= 15 is 0 Å². The van der Waals surface area contributed by atoms with E-state index in [1.54, 1.807) is 0 Å². The normalized spacial score (nSPS) is 13.7. The fourth-order valence-corrected chi connectivity index (χ4v) is 4.29. The molecule has 31 heavy (non-hydrogen) atoms. The molecule has 0 aliphatic rings. The first-order chi connectivity index (χ1) is 14.5. The zero-order valence-electron chi connectivity index (χ0n) is 18.9.